The van der Waals surface area contributed by atoms with E-state index in [1.807, 2.05) is 0 Å². The minimum absolute atomic E-state index is 0.342. The second-order valence-corrected chi connectivity index (χ2v) is 2.20. The first-order valence-electron chi connectivity index (χ1n) is 3.01. The van der Waals surface area contributed by atoms with Crippen LogP contribution in [-0.2, 0) is 14.3 Å². The zero-order valence-electron chi connectivity index (χ0n) is 5.51. The van der Waals surface area contributed by atoms with Gasteiger partial charge in [-0.2, -0.15) is 0 Å². The largest absolute Gasteiger partial charge is 0.468 e. The van der Waals surface area contributed by atoms with Crippen molar-refractivity contribution in [3.8, 4) is 0 Å². The van der Waals surface area contributed by atoms with E-state index in [0.717, 1.165) is 0 Å². The van der Waals surface area contributed by atoms with Crippen LogP contribution in [0.2, 0.25) is 0 Å². The third kappa shape index (κ3) is 7.43. The van der Waals surface area contributed by atoms with Crippen LogP contribution in [0.1, 0.15) is 19.3 Å². The van der Waals surface area contributed by atoms with Gasteiger partial charge in [0, 0.05) is 6.42 Å². The molecule has 0 unspecified atom stereocenters. The SMILES string of the molecule is O=COCCCCC(=O)Cl. The number of rotatable bonds is 6. The number of carbonyl (C=O) groups excluding carboxylic acids is 2. The quantitative estimate of drug-likeness (QED) is 0.335. The van der Waals surface area contributed by atoms with Crippen molar-refractivity contribution in [3.05, 3.63) is 0 Å². The Kier molecular flexibility index (Phi) is 6.18. The van der Waals surface area contributed by atoms with E-state index in [1.54, 1.807) is 0 Å². The Morgan fingerprint density at radius 1 is 1.50 bits per heavy atom. The molecule has 3 nitrogen and oxygen atoms in total. The normalized spacial score (nSPS) is 8.90. The monoisotopic (exact) mass is 164 g/mol. The van der Waals surface area contributed by atoms with Gasteiger partial charge in [-0.15, -0.1) is 0 Å². The van der Waals surface area contributed by atoms with Gasteiger partial charge in [-0.25, -0.2) is 0 Å². The lowest BCUT2D eigenvalue weighted by atomic mass is 10.3. The van der Waals surface area contributed by atoms with E-state index < -0.39 is 0 Å². The lowest BCUT2D eigenvalue weighted by Crippen LogP contribution is -1.93. The summed E-state index contributed by atoms with van der Waals surface area (Å²) < 4.78 is 4.38. The number of hydrogen-bond acceptors (Lipinski definition) is 3. The smallest absolute Gasteiger partial charge is 0.293 e. The molecule has 0 amide bonds. The Morgan fingerprint density at radius 3 is 2.70 bits per heavy atom. The van der Waals surface area contributed by atoms with E-state index in [1.165, 1.54) is 0 Å². The lowest BCUT2D eigenvalue weighted by Gasteiger charge is -1.94. The molecule has 0 radical (unpaired) electrons. The molecule has 0 N–H and O–H groups in total. The van der Waals surface area contributed by atoms with Crippen molar-refractivity contribution >= 4 is 23.3 Å². The van der Waals surface area contributed by atoms with Gasteiger partial charge in [0.05, 0.1) is 6.61 Å². The van der Waals surface area contributed by atoms with E-state index in [2.05, 4.69) is 4.74 Å². The van der Waals surface area contributed by atoms with Gasteiger partial charge in [-0.1, -0.05) is 0 Å². The van der Waals surface area contributed by atoms with Crippen LogP contribution >= 0.6 is 11.6 Å². The summed E-state index contributed by atoms with van der Waals surface area (Å²) in [5.74, 6) is 0. The highest BCUT2D eigenvalue weighted by Crippen LogP contribution is 1.98. The number of carbonyl (C=O) groups is 2. The van der Waals surface area contributed by atoms with Gasteiger partial charge >= 0.3 is 0 Å². The molecule has 0 atom stereocenters. The first kappa shape index (κ1) is 9.43. The first-order chi connectivity index (χ1) is 4.77. The van der Waals surface area contributed by atoms with E-state index in [9.17, 15) is 9.59 Å². The van der Waals surface area contributed by atoms with Crippen LogP contribution in [0.4, 0.5) is 0 Å². The maximum atomic E-state index is 10.1. The molecule has 58 valence electrons. The predicted molar refractivity (Wildman–Crippen MR) is 36.7 cm³/mol. The number of hydrogen-bond donors (Lipinski definition) is 0. The maximum Gasteiger partial charge on any atom is 0.293 e. The van der Waals surface area contributed by atoms with E-state index in [0.29, 0.717) is 32.3 Å². The molecule has 0 aromatic rings. The Morgan fingerprint density at radius 2 is 2.20 bits per heavy atom. The van der Waals surface area contributed by atoms with Crippen LogP contribution in [0.15, 0.2) is 0 Å². The zero-order chi connectivity index (χ0) is 7.82. The van der Waals surface area contributed by atoms with Crippen molar-refractivity contribution in [1.82, 2.24) is 0 Å². The molecule has 10 heavy (non-hydrogen) atoms. The van der Waals surface area contributed by atoms with Gasteiger partial charge in [0.15, 0.2) is 0 Å². The van der Waals surface area contributed by atoms with Crippen molar-refractivity contribution < 1.29 is 14.3 Å². The standard InChI is InChI=1S/C6H9ClO3/c7-6(9)3-1-2-4-10-5-8/h5H,1-4H2. The van der Waals surface area contributed by atoms with Crippen LogP contribution < -0.4 is 0 Å². The summed E-state index contributed by atoms with van der Waals surface area (Å²) in [6.45, 7) is 0.760. The summed E-state index contributed by atoms with van der Waals surface area (Å²) in [7, 11) is 0. The van der Waals surface area contributed by atoms with E-state index >= 15 is 0 Å². The maximum absolute atomic E-state index is 10.1. The number of ether oxygens (including phenoxy) is 1. The molecule has 0 fully saturated rings. The van der Waals surface area contributed by atoms with Gasteiger partial charge in [0.2, 0.25) is 5.24 Å². The fourth-order valence-corrected chi connectivity index (χ4v) is 0.631. The average Bonchev–Trinajstić information content (AvgIpc) is 1.87. The van der Waals surface area contributed by atoms with E-state index in [-0.39, 0.29) is 5.24 Å². The molecule has 0 spiro atoms. The van der Waals surface area contributed by atoms with Crippen LogP contribution in [0.3, 0.4) is 0 Å². The molecule has 0 aliphatic rings. The molecule has 0 aromatic carbocycles. The summed E-state index contributed by atoms with van der Waals surface area (Å²) in [5, 5.41) is -0.342. The Balaban J connectivity index is 2.90. The summed E-state index contributed by atoms with van der Waals surface area (Å²) in [6, 6.07) is 0. The molecule has 0 aromatic heterocycles. The molecule has 0 heterocycles. The summed E-state index contributed by atoms with van der Waals surface area (Å²) in [5.41, 5.74) is 0. The van der Waals surface area contributed by atoms with Crippen LogP contribution in [-0.4, -0.2) is 18.3 Å². The third-order valence-corrected chi connectivity index (χ3v) is 1.14. The molecular weight excluding hydrogens is 156 g/mol. The van der Waals surface area contributed by atoms with Gasteiger partial charge in [0.25, 0.3) is 6.47 Å². The van der Waals surface area contributed by atoms with Gasteiger partial charge < -0.3 is 4.74 Å². The summed E-state index contributed by atoms with van der Waals surface area (Å²) in [6.07, 6.45) is 1.72. The highest BCUT2D eigenvalue weighted by Gasteiger charge is 1.94. The van der Waals surface area contributed by atoms with Crippen LogP contribution in [0.25, 0.3) is 0 Å². The molecule has 0 aliphatic heterocycles. The molecule has 0 aliphatic carbocycles. The molecule has 0 bridgehead atoms. The minimum atomic E-state index is -0.342. The topological polar surface area (TPSA) is 43.4 Å². The summed E-state index contributed by atoms with van der Waals surface area (Å²) in [4.78, 5) is 19.7. The van der Waals surface area contributed by atoms with E-state index in [4.69, 9.17) is 11.6 Å². The van der Waals surface area contributed by atoms with Crippen molar-refractivity contribution in [1.29, 1.82) is 0 Å². The van der Waals surface area contributed by atoms with Crippen LogP contribution in [0, 0.1) is 0 Å². The fourth-order valence-electron chi connectivity index (χ4n) is 0.497. The Hall–Kier alpha value is -0.570. The molecule has 0 rings (SSSR count). The Bertz CT molecular complexity index is 114. The highest BCUT2D eigenvalue weighted by molar-refractivity contribution is 6.63. The van der Waals surface area contributed by atoms with Crippen molar-refractivity contribution in [2.45, 2.75) is 19.3 Å². The van der Waals surface area contributed by atoms with Gasteiger partial charge in [-0.3, -0.25) is 9.59 Å². The second kappa shape index (κ2) is 6.55. The van der Waals surface area contributed by atoms with Crippen molar-refractivity contribution in [2.75, 3.05) is 6.61 Å². The van der Waals surface area contributed by atoms with Crippen molar-refractivity contribution in [3.63, 3.8) is 0 Å². The average molecular weight is 165 g/mol. The summed E-state index contributed by atoms with van der Waals surface area (Å²) >= 11 is 5.04. The molecule has 0 saturated heterocycles. The third-order valence-electron chi connectivity index (χ3n) is 0.954. The predicted octanol–water partition coefficient (Wildman–Crippen LogP) is 1.10. The fraction of sp³-hybridized carbons (Fsp3) is 0.667. The van der Waals surface area contributed by atoms with Crippen LogP contribution in [0.5, 0.6) is 0 Å². The molecular formula is C6H9ClO3. The Labute approximate surface area is 64.3 Å². The second-order valence-electron chi connectivity index (χ2n) is 1.78. The molecule has 0 saturated carbocycles. The number of unbranched alkanes of at least 4 members (excludes halogenated alkanes) is 1. The molecule has 4 heteroatoms. The minimum Gasteiger partial charge on any atom is -0.468 e. The van der Waals surface area contributed by atoms with Gasteiger partial charge in [0.1, 0.15) is 0 Å². The lowest BCUT2D eigenvalue weighted by molar-refractivity contribution is -0.128. The van der Waals surface area contributed by atoms with Gasteiger partial charge in [-0.05, 0) is 24.4 Å². The van der Waals surface area contributed by atoms with Crippen molar-refractivity contribution in [2.24, 2.45) is 0 Å². The highest BCUT2D eigenvalue weighted by atomic mass is 35.5. The number of halogens is 1. The first-order valence-corrected chi connectivity index (χ1v) is 3.38. The zero-order valence-corrected chi connectivity index (χ0v) is 6.26.